The third-order valence-electron chi connectivity index (χ3n) is 3.12. The van der Waals surface area contributed by atoms with Gasteiger partial charge in [0.05, 0.1) is 17.3 Å². The van der Waals surface area contributed by atoms with E-state index in [1.165, 1.54) is 6.92 Å². The minimum absolute atomic E-state index is 0.0359. The van der Waals surface area contributed by atoms with E-state index in [-0.39, 0.29) is 5.78 Å². The molecule has 0 aliphatic heterocycles. The number of rotatable bonds is 3. The molecule has 0 radical (unpaired) electrons. The summed E-state index contributed by atoms with van der Waals surface area (Å²) < 4.78 is 6.70. The maximum atomic E-state index is 11.7. The van der Waals surface area contributed by atoms with Crippen LogP contribution in [0.4, 0.5) is 0 Å². The van der Waals surface area contributed by atoms with Crippen LogP contribution in [-0.2, 0) is 0 Å². The SMILES string of the molecule is CC(=O)c1ccc(Br)cc1Oc1cnc2ccccc2c1. The predicted octanol–water partition coefficient (Wildman–Crippen LogP) is 4.99. The highest BCUT2D eigenvalue weighted by Crippen LogP contribution is 2.30. The average molecular weight is 342 g/mol. The number of nitrogens with zero attached hydrogens (tertiary/aromatic N) is 1. The first-order valence-electron chi connectivity index (χ1n) is 6.46. The van der Waals surface area contributed by atoms with E-state index >= 15 is 0 Å². The molecular weight excluding hydrogens is 330 g/mol. The monoisotopic (exact) mass is 341 g/mol. The molecule has 4 heteroatoms. The number of pyridine rings is 1. The highest BCUT2D eigenvalue weighted by Gasteiger charge is 2.10. The predicted molar refractivity (Wildman–Crippen MR) is 86.0 cm³/mol. The molecule has 3 rings (SSSR count). The molecule has 2 aromatic carbocycles. The molecule has 0 N–H and O–H groups in total. The topological polar surface area (TPSA) is 39.2 Å². The average Bonchev–Trinajstić information content (AvgIpc) is 2.47. The third kappa shape index (κ3) is 2.95. The Bertz CT molecular complexity index is 830. The highest BCUT2D eigenvalue weighted by atomic mass is 79.9. The number of carbonyl (C=O) groups excluding carboxylic acids is 1. The van der Waals surface area contributed by atoms with E-state index in [1.807, 2.05) is 36.4 Å². The number of benzene rings is 2. The summed E-state index contributed by atoms with van der Waals surface area (Å²) in [6, 6.07) is 15.1. The van der Waals surface area contributed by atoms with Crippen LogP contribution in [-0.4, -0.2) is 10.8 Å². The molecule has 0 aliphatic carbocycles. The Morgan fingerprint density at radius 1 is 1.14 bits per heavy atom. The highest BCUT2D eigenvalue weighted by molar-refractivity contribution is 9.10. The maximum Gasteiger partial charge on any atom is 0.163 e. The standard InChI is InChI=1S/C17H12BrNO2/c1-11(20)15-7-6-13(18)9-17(15)21-14-8-12-4-2-3-5-16(12)19-10-14/h2-10H,1H3. The largest absolute Gasteiger partial charge is 0.455 e. The van der Waals surface area contributed by atoms with Crippen LogP contribution in [0.15, 0.2) is 59.2 Å². The molecule has 1 heterocycles. The van der Waals surface area contributed by atoms with Gasteiger partial charge in [-0.15, -0.1) is 0 Å². The van der Waals surface area contributed by atoms with Crippen molar-refractivity contribution in [2.24, 2.45) is 0 Å². The van der Waals surface area contributed by atoms with Gasteiger partial charge in [-0.3, -0.25) is 9.78 Å². The number of hydrogen-bond donors (Lipinski definition) is 0. The Labute approximate surface area is 130 Å². The van der Waals surface area contributed by atoms with Crippen molar-refractivity contribution in [3.8, 4) is 11.5 Å². The summed E-state index contributed by atoms with van der Waals surface area (Å²) in [4.78, 5) is 16.0. The number of para-hydroxylation sites is 1. The fourth-order valence-electron chi connectivity index (χ4n) is 2.11. The van der Waals surface area contributed by atoms with Crippen molar-refractivity contribution in [2.75, 3.05) is 0 Å². The van der Waals surface area contributed by atoms with Crippen molar-refractivity contribution in [1.82, 2.24) is 4.98 Å². The fraction of sp³-hybridized carbons (Fsp3) is 0.0588. The number of carbonyl (C=O) groups is 1. The van der Waals surface area contributed by atoms with Gasteiger partial charge in [0.2, 0.25) is 0 Å². The smallest absolute Gasteiger partial charge is 0.163 e. The summed E-state index contributed by atoms with van der Waals surface area (Å²) in [5.74, 6) is 1.09. The van der Waals surface area contributed by atoms with Crippen molar-refractivity contribution in [2.45, 2.75) is 6.92 Å². The van der Waals surface area contributed by atoms with E-state index in [2.05, 4.69) is 20.9 Å². The number of aromatic nitrogens is 1. The Morgan fingerprint density at radius 2 is 1.95 bits per heavy atom. The second-order valence-electron chi connectivity index (χ2n) is 4.66. The number of ketones is 1. The number of Topliss-reactive ketones (excluding diaryl/α,β-unsaturated/α-hetero) is 1. The van der Waals surface area contributed by atoms with Crippen LogP contribution >= 0.6 is 15.9 Å². The van der Waals surface area contributed by atoms with E-state index in [1.54, 1.807) is 18.3 Å². The Hall–Kier alpha value is -2.20. The van der Waals surface area contributed by atoms with Crippen molar-refractivity contribution in [3.63, 3.8) is 0 Å². The molecule has 0 amide bonds. The molecule has 0 atom stereocenters. The molecular formula is C17H12BrNO2. The van der Waals surface area contributed by atoms with Gasteiger partial charge in [-0.2, -0.15) is 0 Å². The van der Waals surface area contributed by atoms with Gasteiger partial charge in [-0.1, -0.05) is 34.1 Å². The minimum Gasteiger partial charge on any atom is -0.455 e. The second kappa shape index (κ2) is 5.66. The van der Waals surface area contributed by atoms with Crippen LogP contribution in [0.5, 0.6) is 11.5 Å². The van der Waals surface area contributed by atoms with Crippen LogP contribution in [0.2, 0.25) is 0 Å². The maximum absolute atomic E-state index is 11.7. The zero-order valence-corrected chi connectivity index (χ0v) is 12.9. The minimum atomic E-state index is -0.0359. The van der Waals surface area contributed by atoms with E-state index < -0.39 is 0 Å². The lowest BCUT2D eigenvalue weighted by Gasteiger charge is -2.10. The lowest BCUT2D eigenvalue weighted by Crippen LogP contribution is -1.97. The van der Waals surface area contributed by atoms with Gasteiger partial charge in [-0.25, -0.2) is 0 Å². The zero-order valence-electron chi connectivity index (χ0n) is 11.3. The number of fused-ring (bicyclic) bond motifs is 1. The number of hydrogen-bond acceptors (Lipinski definition) is 3. The van der Waals surface area contributed by atoms with E-state index in [0.717, 1.165) is 15.4 Å². The Morgan fingerprint density at radius 3 is 2.76 bits per heavy atom. The van der Waals surface area contributed by atoms with Crippen LogP contribution in [0.3, 0.4) is 0 Å². The first kappa shape index (κ1) is 13.8. The summed E-state index contributed by atoms with van der Waals surface area (Å²) in [6.45, 7) is 1.52. The molecule has 0 fully saturated rings. The van der Waals surface area contributed by atoms with Crippen molar-refractivity contribution in [3.05, 3.63) is 64.8 Å². The third-order valence-corrected chi connectivity index (χ3v) is 3.61. The van der Waals surface area contributed by atoms with Crippen molar-refractivity contribution in [1.29, 1.82) is 0 Å². The van der Waals surface area contributed by atoms with Gasteiger partial charge < -0.3 is 4.74 Å². The summed E-state index contributed by atoms with van der Waals surface area (Å²) in [7, 11) is 0. The van der Waals surface area contributed by atoms with E-state index in [0.29, 0.717) is 17.1 Å². The van der Waals surface area contributed by atoms with E-state index in [9.17, 15) is 4.79 Å². The lowest BCUT2D eigenvalue weighted by atomic mass is 10.1. The van der Waals surface area contributed by atoms with Gasteiger partial charge in [0.1, 0.15) is 11.5 Å². The van der Waals surface area contributed by atoms with Crippen LogP contribution in [0.1, 0.15) is 17.3 Å². The van der Waals surface area contributed by atoms with Crippen LogP contribution in [0, 0.1) is 0 Å². The fourth-order valence-corrected chi connectivity index (χ4v) is 2.45. The second-order valence-corrected chi connectivity index (χ2v) is 5.58. The molecule has 0 unspecified atom stereocenters. The molecule has 3 aromatic rings. The van der Waals surface area contributed by atoms with E-state index in [4.69, 9.17) is 4.74 Å². The molecule has 0 aliphatic rings. The number of halogens is 1. The quantitative estimate of drug-likeness (QED) is 0.630. The molecule has 0 saturated carbocycles. The molecule has 1 aromatic heterocycles. The summed E-state index contributed by atoms with van der Waals surface area (Å²) >= 11 is 3.39. The van der Waals surface area contributed by atoms with Crippen molar-refractivity contribution < 1.29 is 9.53 Å². The van der Waals surface area contributed by atoms with Gasteiger partial charge in [0.15, 0.2) is 5.78 Å². The molecule has 104 valence electrons. The Balaban J connectivity index is 2.02. The molecule has 0 spiro atoms. The molecule has 0 bridgehead atoms. The molecule has 0 saturated heterocycles. The summed E-state index contributed by atoms with van der Waals surface area (Å²) in [5, 5.41) is 0.995. The van der Waals surface area contributed by atoms with Gasteiger partial charge >= 0.3 is 0 Å². The first-order chi connectivity index (χ1) is 10.1. The van der Waals surface area contributed by atoms with Gasteiger partial charge in [0, 0.05) is 9.86 Å². The van der Waals surface area contributed by atoms with Gasteiger partial charge in [0.25, 0.3) is 0 Å². The zero-order chi connectivity index (χ0) is 14.8. The molecule has 21 heavy (non-hydrogen) atoms. The summed E-state index contributed by atoms with van der Waals surface area (Å²) in [5.41, 5.74) is 1.46. The Kier molecular flexibility index (Phi) is 3.71. The normalized spacial score (nSPS) is 10.6. The first-order valence-corrected chi connectivity index (χ1v) is 7.26. The van der Waals surface area contributed by atoms with Gasteiger partial charge in [-0.05, 0) is 37.3 Å². The lowest BCUT2D eigenvalue weighted by molar-refractivity contribution is 0.101. The van der Waals surface area contributed by atoms with Crippen LogP contribution < -0.4 is 4.74 Å². The van der Waals surface area contributed by atoms with Crippen LogP contribution in [0.25, 0.3) is 10.9 Å². The molecule has 3 nitrogen and oxygen atoms in total. The van der Waals surface area contributed by atoms with Crippen molar-refractivity contribution >= 4 is 32.6 Å². The summed E-state index contributed by atoms with van der Waals surface area (Å²) in [6.07, 6.45) is 1.66. The number of ether oxygens (including phenoxy) is 1.